The van der Waals surface area contributed by atoms with E-state index < -0.39 is 23.5 Å². The Morgan fingerprint density at radius 2 is 1.77 bits per heavy atom. The Kier molecular flexibility index (Phi) is 8.51. The van der Waals surface area contributed by atoms with Crippen molar-refractivity contribution in [3.8, 4) is 11.5 Å². The van der Waals surface area contributed by atoms with Gasteiger partial charge in [0.2, 0.25) is 5.78 Å². The zero-order chi connectivity index (χ0) is 28.4. The number of ether oxygens (including phenoxy) is 2. The van der Waals surface area contributed by atoms with E-state index in [4.69, 9.17) is 9.47 Å². The van der Waals surface area contributed by atoms with Gasteiger partial charge in [0.1, 0.15) is 0 Å². The van der Waals surface area contributed by atoms with E-state index in [2.05, 4.69) is 16.9 Å². The van der Waals surface area contributed by atoms with E-state index in [1.165, 1.54) is 30.3 Å². The van der Waals surface area contributed by atoms with Gasteiger partial charge in [-0.05, 0) is 44.9 Å². The molecule has 39 heavy (non-hydrogen) atoms. The van der Waals surface area contributed by atoms with Gasteiger partial charge in [0.15, 0.2) is 28.2 Å². The Balaban J connectivity index is 1.84. The van der Waals surface area contributed by atoms with E-state index in [9.17, 15) is 19.5 Å². The van der Waals surface area contributed by atoms with Crippen molar-refractivity contribution in [2.75, 3.05) is 18.6 Å². The van der Waals surface area contributed by atoms with Gasteiger partial charge >= 0.3 is 0 Å². The molecule has 0 radical (unpaired) electrons. The number of thiazole rings is 2. The number of nitrogens with zero attached hydrogens (tertiary/aromatic N) is 3. The van der Waals surface area contributed by atoms with Crippen LogP contribution in [0.3, 0.4) is 0 Å². The number of aliphatic hydroxyl groups excluding tert-OH is 1. The Hall–Kier alpha value is -3.57. The first-order valence-electron chi connectivity index (χ1n) is 12.6. The molecule has 9 nitrogen and oxygen atoms in total. The van der Waals surface area contributed by atoms with Crippen LogP contribution in [0, 0.1) is 20.8 Å². The average Bonchev–Trinajstić information content (AvgIpc) is 3.53. The first-order chi connectivity index (χ1) is 18.6. The van der Waals surface area contributed by atoms with E-state index in [0.717, 1.165) is 30.6 Å². The van der Waals surface area contributed by atoms with Crippen LogP contribution in [0.15, 0.2) is 29.5 Å². The molecular weight excluding hydrogens is 538 g/mol. The smallest absolute Gasteiger partial charge is 0.296 e. The number of methoxy groups -OCH3 is 1. The summed E-state index contributed by atoms with van der Waals surface area (Å²) in [6.07, 6.45) is 3.01. The fraction of sp³-hybridized carbons (Fsp3) is 0.393. The first kappa shape index (κ1) is 28.4. The summed E-state index contributed by atoms with van der Waals surface area (Å²) in [5.74, 6) is -1.15. The minimum Gasteiger partial charge on any atom is -0.503 e. The van der Waals surface area contributed by atoms with Gasteiger partial charge in [-0.2, -0.15) is 0 Å². The van der Waals surface area contributed by atoms with Crippen LogP contribution in [0.5, 0.6) is 11.5 Å². The third-order valence-electron chi connectivity index (χ3n) is 6.38. The standard InChI is InChI=1S/C28H31N3O6S2/c1-7-8-9-12-37-19-11-10-18(13-20(19)36-6)22-21(23(33)26-15(3)29-17(5)38-26)24(34)27(35)31(22)28-30-14(2)25(39-28)16(4)32/h10-11,13,22,34H,7-9,12H2,1-6H3. The molecule has 0 spiro atoms. The summed E-state index contributed by atoms with van der Waals surface area (Å²) in [6, 6.07) is 4.16. The lowest BCUT2D eigenvalue weighted by Gasteiger charge is -2.25. The number of carbonyl (C=O) groups excluding carboxylic acids is 3. The molecule has 1 amide bonds. The van der Waals surface area contributed by atoms with Gasteiger partial charge in [-0.25, -0.2) is 9.97 Å². The molecule has 1 aromatic carbocycles. The predicted octanol–water partition coefficient (Wildman–Crippen LogP) is 6.09. The van der Waals surface area contributed by atoms with Crippen molar-refractivity contribution in [2.24, 2.45) is 0 Å². The normalized spacial score (nSPS) is 15.3. The highest BCUT2D eigenvalue weighted by atomic mass is 32.1. The van der Waals surface area contributed by atoms with Gasteiger partial charge in [0.25, 0.3) is 5.91 Å². The molecule has 0 saturated carbocycles. The third-order valence-corrected chi connectivity index (χ3v) is 8.71. The van der Waals surface area contributed by atoms with Crippen LogP contribution in [0.2, 0.25) is 0 Å². The molecule has 0 saturated heterocycles. The maximum atomic E-state index is 13.8. The summed E-state index contributed by atoms with van der Waals surface area (Å²) < 4.78 is 11.5. The zero-order valence-electron chi connectivity index (χ0n) is 22.8. The number of aromatic nitrogens is 2. The maximum Gasteiger partial charge on any atom is 0.296 e. The summed E-state index contributed by atoms with van der Waals surface area (Å²) in [7, 11) is 1.52. The van der Waals surface area contributed by atoms with Crippen LogP contribution in [0.25, 0.3) is 0 Å². The number of anilines is 1. The Morgan fingerprint density at radius 1 is 1.05 bits per heavy atom. The molecule has 0 bridgehead atoms. The minimum absolute atomic E-state index is 0.0809. The number of hydrogen-bond donors (Lipinski definition) is 1. The van der Waals surface area contributed by atoms with E-state index in [0.29, 0.717) is 49.8 Å². The van der Waals surface area contributed by atoms with Gasteiger partial charge in [0, 0.05) is 6.92 Å². The van der Waals surface area contributed by atoms with E-state index in [1.54, 1.807) is 39.0 Å². The monoisotopic (exact) mass is 569 g/mol. The summed E-state index contributed by atoms with van der Waals surface area (Å²) in [5.41, 5.74) is 1.42. The quantitative estimate of drug-likeness (QED) is 0.218. The number of benzene rings is 1. The fourth-order valence-electron chi connectivity index (χ4n) is 4.53. The second-order valence-corrected chi connectivity index (χ2v) is 11.4. The zero-order valence-corrected chi connectivity index (χ0v) is 24.4. The molecule has 206 valence electrons. The second-order valence-electron chi connectivity index (χ2n) is 9.25. The van der Waals surface area contributed by atoms with E-state index >= 15 is 0 Å². The third kappa shape index (κ3) is 5.46. The van der Waals surface area contributed by atoms with E-state index in [1.807, 2.05) is 0 Å². The molecule has 11 heteroatoms. The van der Waals surface area contributed by atoms with E-state index in [-0.39, 0.29) is 16.5 Å². The lowest BCUT2D eigenvalue weighted by atomic mass is 9.95. The van der Waals surface area contributed by atoms with Crippen LogP contribution < -0.4 is 14.4 Å². The van der Waals surface area contributed by atoms with Crippen LogP contribution in [-0.2, 0) is 4.79 Å². The Labute approximate surface area is 235 Å². The lowest BCUT2D eigenvalue weighted by Crippen LogP contribution is -2.31. The molecule has 1 atom stereocenters. The summed E-state index contributed by atoms with van der Waals surface area (Å²) in [6.45, 7) is 9.26. The summed E-state index contributed by atoms with van der Waals surface area (Å²) >= 11 is 2.25. The number of aliphatic hydroxyl groups is 1. The number of carbonyl (C=O) groups is 3. The van der Waals surface area contributed by atoms with Gasteiger partial charge < -0.3 is 14.6 Å². The van der Waals surface area contributed by atoms with Crippen LogP contribution in [-0.4, -0.2) is 46.3 Å². The molecule has 1 unspecified atom stereocenters. The van der Waals surface area contributed by atoms with Crippen LogP contribution in [0.1, 0.15) is 80.5 Å². The van der Waals surface area contributed by atoms with Crippen LogP contribution in [0.4, 0.5) is 5.13 Å². The van der Waals surface area contributed by atoms with Gasteiger partial charge in [0.05, 0.1) is 51.5 Å². The van der Waals surface area contributed by atoms with Crippen molar-refractivity contribution in [3.63, 3.8) is 0 Å². The second kappa shape index (κ2) is 11.7. The van der Waals surface area contributed by atoms with Gasteiger partial charge in [-0.1, -0.05) is 37.2 Å². The highest BCUT2D eigenvalue weighted by molar-refractivity contribution is 7.18. The Bertz CT molecular complexity index is 1470. The van der Waals surface area contributed by atoms with Crippen molar-refractivity contribution < 1.29 is 29.0 Å². The SMILES string of the molecule is CCCCCOc1ccc(C2C(C(=O)c3sc(C)nc3C)=C(O)C(=O)N2c2nc(C)c(C(C)=O)s2)cc1OC. The predicted molar refractivity (Wildman–Crippen MR) is 151 cm³/mol. The molecule has 3 aromatic rings. The largest absolute Gasteiger partial charge is 0.503 e. The number of aryl methyl sites for hydroxylation is 3. The molecule has 0 fully saturated rings. The van der Waals surface area contributed by atoms with Gasteiger partial charge in [-0.3, -0.25) is 19.3 Å². The highest BCUT2D eigenvalue weighted by Crippen LogP contribution is 2.46. The summed E-state index contributed by atoms with van der Waals surface area (Å²) in [4.78, 5) is 50.4. The van der Waals surface area contributed by atoms with Crippen molar-refractivity contribution in [1.29, 1.82) is 0 Å². The molecule has 4 rings (SSSR count). The first-order valence-corrected chi connectivity index (χ1v) is 14.3. The molecule has 1 aliphatic heterocycles. The van der Waals surface area contributed by atoms with Crippen molar-refractivity contribution in [2.45, 2.75) is 59.9 Å². The van der Waals surface area contributed by atoms with Crippen LogP contribution >= 0.6 is 22.7 Å². The number of ketones is 2. The number of hydrogen-bond acceptors (Lipinski definition) is 10. The number of amides is 1. The molecule has 1 aliphatic rings. The average molecular weight is 570 g/mol. The number of Topliss-reactive ketones (excluding diaryl/α,β-unsaturated/α-hetero) is 2. The number of rotatable bonds is 11. The molecule has 3 heterocycles. The Morgan fingerprint density at radius 3 is 2.36 bits per heavy atom. The van der Waals surface area contributed by atoms with Crippen molar-refractivity contribution >= 4 is 45.3 Å². The molecule has 2 aromatic heterocycles. The maximum absolute atomic E-state index is 13.8. The summed E-state index contributed by atoms with van der Waals surface area (Å²) in [5, 5.41) is 12.0. The molecule has 0 aliphatic carbocycles. The molecular formula is C28H31N3O6S2. The topological polar surface area (TPSA) is 119 Å². The minimum atomic E-state index is -1.01. The van der Waals surface area contributed by atoms with Crippen molar-refractivity contribution in [1.82, 2.24) is 9.97 Å². The van der Waals surface area contributed by atoms with Gasteiger partial charge in [-0.15, -0.1) is 11.3 Å². The number of unbranched alkanes of at least 4 members (excludes halogenated alkanes) is 2. The lowest BCUT2D eigenvalue weighted by molar-refractivity contribution is -0.117. The highest BCUT2D eigenvalue weighted by Gasteiger charge is 2.47. The molecule has 1 N–H and O–H groups in total. The fourth-order valence-corrected chi connectivity index (χ4v) is 6.40. The van der Waals surface area contributed by atoms with Crippen molar-refractivity contribution in [3.05, 3.63) is 61.2 Å².